The van der Waals surface area contributed by atoms with Crippen LogP contribution in [0.15, 0.2) is 18.2 Å². The minimum Gasteiger partial charge on any atom is -0.508 e. The van der Waals surface area contributed by atoms with Crippen LogP contribution in [0.25, 0.3) is 0 Å². The van der Waals surface area contributed by atoms with Crippen LogP contribution in [0.3, 0.4) is 0 Å². The van der Waals surface area contributed by atoms with Gasteiger partial charge in [-0.1, -0.05) is 39.0 Å². The zero-order chi connectivity index (χ0) is 13.4. The molecule has 0 atom stereocenters. The van der Waals surface area contributed by atoms with Crippen molar-refractivity contribution < 1.29 is 15.0 Å². The fourth-order valence-corrected chi connectivity index (χ4v) is 1.97. The van der Waals surface area contributed by atoms with Crippen molar-refractivity contribution in [3.8, 4) is 11.5 Å². The van der Waals surface area contributed by atoms with Gasteiger partial charge in [0.05, 0.1) is 0 Å². The van der Waals surface area contributed by atoms with Crippen molar-refractivity contribution in [1.82, 2.24) is 0 Å². The molecule has 0 radical (unpaired) electrons. The van der Waals surface area contributed by atoms with Gasteiger partial charge in [0.1, 0.15) is 11.5 Å². The molecule has 2 N–H and O–H groups in total. The lowest BCUT2D eigenvalue weighted by Crippen LogP contribution is -1.98. The number of rotatable bonds is 8. The Balaban J connectivity index is 2.32. The summed E-state index contributed by atoms with van der Waals surface area (Å²) in [7, 11) is 0. The molecule has 0 aliphatic heterocycles. The number of phenols is 2. The van der Waals surface area contributed by atoms with E-state index in [1.54, 1.807) is 0 Å². The highest BCUT2D eigenvalue weighted by atomic mass is 16.3. The number of hydrogen-bond acceptors (Lipinski definition) is 3. The van der Waals surface area contributed by atoms with Crippen LogP contribution in [0, 0.1) is 0 Å². The lowest BCUT2D eigenvalue weighted by atomic mass is 10.0. The second-order valence-corrected chi connectivity index (χ2v) is 4.68. The maximum Gasteiger partial charge on any atom is 0.163 e. The lowest BCUT2D eigenvalue weighted by Gasteiger charge is -2.03. The monoisotopic (exact) mass is 250 g/mol. The van der Waals surface area contributed by atoms with Crippen molar-refractivity contribution >= 4 is 5.78 Å². The molecule has 1 rings (SSSR count). The van der Waals surface area contributed by atoms with Crippen LogP contribution in [0.1, 0.15) is 62.2 Å². The number of ketones is 1. The third-order valence-corrected chi connectivity index (χ3v) is 2.98. The first-order valence-electron chi connectivity index (χ1n) is 6.69. The van der Waals surface area contributed by atoms with Crippen molar-refractivity contribution in [2.45, 2.75) is 51.9 Å². The Labute approximate surface area is 108 Å². The SMILES string of the molecule is CCCCCCCCC(=O)c1cc(O)cc(O)c1. The van der Waals surface area contributed by atoms with Crippen LogP contribution in [0.4, 0.5) is 0 Å². The van der Waals surface area contributed by atoms with E-state index in [1.807, 2.05) is 0 Å². The Morgan fingerprint density at radius 3 is 2.11 bits per heavy atom. The second-order valence-electron chi connectivity index (χ2n) is 4.68. The highest BCUT2D eigenvalue weighted by Crippen LogP contribution is 2.22. The van der Waals surface area contributed by atoms with Gasteiger partial charge in [-0.2, -0.15) is 0 Å². The van der Waals surface area contributed by atoms with Crippen LogP contribution >= 0.6 is 0 Å². The summed E-state index contributed by atoms with van der Waals surface area (Å²) < 4.78 is 0. The quantitative estimate of drug-likeness (QED) is 0.541. The smallest absolute Gasteiger partial charge is 0.163 e. The van der Waals surface area contributed by atoms with Gasteiger partial charge in [-0.25, -0.2) is 0 Å². The second kappa shape index (κ2) is 7.75. The maximum atomic E-state index is 11.8. The molecule has 1 aromatic carbocycles. The number of unbranched alkanes of at least 4 members (excludes halogenated alkanes) is 5. The molecule has 0 aliphatic carbocycles. The van der Waals surface area contributed by atoms with Crippen molar-refractivity contribution in [3.05, 3.63) is 23.8 Å². The molecule has 0 saturated heterocycles. The minimum atomic E-state index is -0.0682. The molecule has 1 aromatic rings. The average molecular weight is 250 g/mol. The van der Waals surface area contributed by atoms with Crippen LogP contribution < -0.4 is 0 Å². The summed E-state index contributed by atoms with van der Waals surface area (Å²) in [6.45, 7) is 2.18. The topological polar surface area (TPSA) is 57.5 Å². The Morgan fingerprint density at radius 1 is 0.944 bits per heavy atom. The number of carbonyl (C=O) groups is 1. The first-order valence-corrected chi connectivity index (χ1v) is 6.69. The van der Waals surface area contributed by atoms with Gasteiger partial charge in [0.15, 0.2) is 5.78 Å². The largest absolute Gasteiger partial charge is 0.508 e. The van der Waals surface area contributed by atoms with E-state index in [0.29, 0.717) is 12.0 Å². The van der Waals surface area contributed by atoms with Gasteiger partial charge in [-0.3, -0.25) is 4.79 Å². The van der Waals surface area contributed by atoms with E-state index in [2.05, 4.69) is 6.92 Å². The third-order valence-electron chi connectivity index (χ3n) is 2.98. The van der Waals surface area contributed by atoms with Gasteiger partial charge in [0.2, 0.25) is 0 Å². The molecule has 0 aromatic heterocycles. The molecule has 18 heavy (non-hydrogen) atoms. The van der Waals surface area contributed by atoms with Gasteiger partial charge in [0, 0.05) is 18.1 Å². The van der Waals surface area contributed by atoms with Gasteiger partial charge in [-0.15, -0.1) is 0 Å². The van der Waals surface area contributed by atoms with Gasteiger partial charge in [0.25, 0.3) is 0 Å². The van der Waals surface area contributed by atoms with Gasteiger partial charge < -0.3 is 10.2 Å². The highest BCUT2D eigenvalue weighted by Gasteiger charge is 2.08. The predicted octanol–water partition coefficient (Wildman–Crippen LogP) is 4.03. The zero-order valence-electron chi connectivity index (χ0n) is 11.0. The summed E-state index contributed by atoms with van der Waals surface area (Å²) in [6.07, 6.45) is 7.31. The van der Waals surface area contributed by atoms with Gasteiger partial charge in [-0.05, 0) is 18.6 Å². The summed E-state index contributed by atoms with van der Waals surface area (Å²) >= 11 is 0. The van der Waals surface area contributed by atoms with Crippen LogP contribution in [0.2, 0.25) is 0 Å². The van der Waals surface area contributed by atoms with E-state index in [4.69, 9.17) is 0 Å². The number of aromatic hydroxyl groups is 2. The van der Waals surface area contributed by atoms with Crippen LogP contribution in [-0.4, -0.2) is 16.0 Å². The molecule has 0 fully saturated rings. The molecular formula is C15H22O3. The molecule has 0 spiro atoms. The van der Waals surface area contributed by atoms with E-state index in [0.717, 1.165) is 12.8 Å². The standard InChI is InChI=1S/C15H22O3/c1-2-3-4-5-6-7-8-15(18)12-9-13(16)11-14(17)10-12/h9-11,16-17H,2-8H2,1H3. The number of Topliss-reactive ketones (excluding diaryl/α,β-unsaturated/α-hetero) is 1. The maximum absolute atomic E-state index is 11.8. The molecule has 0 bridgehead atoms. The van der Waals surface area contributed by atoms with Crippen molar-refractivity contribution in [3.63, 3.8) is 0 Å². The van der Waals surface area contributed by atoms with E-state index in [9.17, 15) is 15.0 Å². The summed E-state index contributed by atoms with van der Waals surface area (Å²) in [6, 6.07) is 4.03. The average Bonchev–Trinajstić information content (AvgIpc) is 2.32. The fourth-order valence-electron chi connectivity index (χ4n) is 1.97. The van der Waals surface area contributed by atoms with Crippen LogP contribution in [-0.2, 0) is 0 Å². The molecule has 0 saturated carbocycles. The first kappa shape index (κ1) is 14.6. The number of benzene rings is 1. The number of carbonyl (C=O) groups excluding carboxylic acids is 1. The third kappa shape index (κ3) is 5.21. The molecular weight excluding hydrogens is 228 g/mol. The van der Waals surface area contributed by atoms with Crippen molar-refractivity contribution in [2.75, 3.05) is 0 Å². The van der Waals surface area contributed by atoms with Crippen LogP contribution in [0.5, 0.6) is 11.5 Å². The van der Waals surface area contributed by atoms with Gasteiger partial charge >= 0.3 is 0 Å². The van der Waals surface area contributed by atoms with E-state index in [-0.39, 0.29) is 17.3 Å². The molecule has 3 nitrogen and oxygen atoms in total. The fraction of sp³-hybridized carbons (Fsp3) is 0.533. The lowest BCUT2D eigenvalue weighted by molar-refractivity contribution is 0.0978. The molecule has 0 heterocycles. The van der Waals surface area contributed by atoms with E-state index in [1.165, 1.54) is 43.9 Å². The molecule has 0 amide bonds. The van der Waals surface area contributed by atoms with Crippen molar-refractivity contribution in [2.24, 2.45) is 0 Å². The van der Waals surface area contributed by atoms with Crippen molar-refractivity contribution in [1.29, 1.82) is 0 Å². The first-order chi connectivity index (χ1) is 8.63. The molecule has 3 heteroatoms. The summed E-state index contributed by atoms with van der Waals surface area (Å²) in [5, 5.41) is 18.6. The Bertz CT molecular complexity index is 365. The highest BCUT2D eigenvalue weighted by molar-refractivity contribution is 5.96. The minimum absolute atomic E-state index is 0.0170. The Morgan fingerprint density at radius 2 is 1.50 bits per heavy atom. The normalized spacial score (nSPS) is 10.5. The Kier molecular flexibility index (Phi) is 6.26. The number of hydrogen-bond donors (Lipinski definition) is 2. The molecule has 0 unspecified atom stereocenters. The predicted molar refractivity (Wildman–Crippen MR) is 72.1 cm³/mol. The van der Waals surface area contributed by atoms with E-state index < -0.39 is 0 Å². The number of phenolic OH excluding ortho intramolecular Hbond substituents is 2. The summed E-state index contributed by atoms with van der Waals surface area (Å²) in [5.41, 5.74) is 0.390. The summed E-state index contributed by atoms with van der Waals surface area (Å²) in [5.74, 6) is -0.153. The summed E-state index contributed by atoms with van der Waals surface area (Å²) in [4.78, 5) is 11.8. The zero-order valence-corrected chi connectivity index (χ0v) is 11.0. The van der Waals surface area contributed by atoms with E-state index >= 15 is 0 Å². The Hall–Kier alpha value is -1.51. The molecule has 0 aliphatic rings. The molecule has 100 valence electrons.